The van der Waals surface area contributed by atoms with Crippen LogP contribution in [0, 0.1) is 5.92 Å². The molecule has 1 amide bonds. The van der Waals surface area contributed by atoms with Gasteiger partial charge in [-0.15, -0.1) is 11.8 Å². The number of likely N-dealkylation sites (tertiary alicyclic amines) is 1. The zero-order chi connectivity index (χ0) is 20.4. The molecule has 1 saturated heterocycles. The first-order valence-corrected chi connectivity index (χ1v) is 12.3. The normalized spacial score (nSPS) is 20.0. The predicted octanol–water partition coefficient (Wildman–Crippen LogP) is 3.76. The Morgan fingerprint density at radius 1 is 1.17 bits per heavy atom. The van der Waals surface area contributed by atoms with Crippen molar-refractivity contribution in [1.82, 2.24) is 4.90 Å². The van der Waals surface area contributed by atoms with E-state index in [1.165, 1.54) is 18.9 Å². The van der Waals surface area contributed by atoms with Crippen LogP contribution in [0.4, 0.5) is 11.4 Å². The van der Waals surface area contributed by atoms with Crippen molar-refractivity contribution >= 4 is 39.1 Å². The molecule has 29 heavy (non-hydrogen) atoms. The fourth-order valence-corrected chi connectivity index (χ4v) is 5.68. The van der Waals surface area contributed by atoms with Crippen molar-refractivity contribution in [3.05, 3.63) is 48.0 Å². The summed E-state index contributed by atoms with van der Waals surface area (Å²) in [5.74, 6) is 0.463. The highest BCUT2D eigenvalue weighted by Crippen LogP contribution is 2.34. The van der Waals surface area contributed by atoms with Crippen molar-refractivity contribution in [2.45, 2.75) is 36.1 Å². The van der Waals surface area contributed by atoms with Gasteiger partial charge in [0.2, 0.25) is 5.91 Å². The van der Waals surface area contributed by atoms with Gasteiger partial charge in [-0.25, -0.2) is 8.42 Å². The first kappa shape index (κ1) is 20.3. The summed E-state index contributed by atoms with van der Waals surface area (Å²) in [5, 5.41) is 2.84. The molecule has 8 heteroatoms. The minimum absolute atomic E-state index is 0.0895. The molecule has 4 rings (SSSR count). The summed E-state index contributed by atoms with van der Waals surface area (Å²) in [5.41, 5.74) is 2.19. The average molecular weight is 432 g/mol. The van der Waals surface area contributed by atoms with E-state index in [1.807, 2.05) is 25.1 Å². The van der Waals surface area contributed by atoms with E-state index in [2.05, 4.69) is 14.9 Å². The highest BCUT2D eigenvalue weighted by atomic mass is 32.2. The van der Waals surface area contributed by atoms with Gasteiger partial charge in [0.25, 0.3) is 10.0 Å². The average Bonchev–Trinajstić information content (AvgIpc) is 3.14. The summed E-state index contributed by atoms with van der Waals surface area (Å²) in [6.45, 7) is 4.87. The van der Waals surface area contributed by atoms with Gasteiger partial charge in [0, 0.05) is 28.8 Å². The first-order valence-electron chi connectivity index (χ1n) is 9.82. The molecule has 2 aromatic carbocycles. The van der Waals surface area contributed by atoms with Gasteiger partial charge < -0.3 is 5.32 Å². The van der Waals surface area contributed by atoms with E-state index in [1.54, 1.807) is 30.0 Å². The molecule has 0 aliphatic carbocycles. The summed E-state index contributed by atoms with van der Waals surface area (Å²) >= 11 is 1.56. The molecule has 2 aliphatic rings. The number of nitrogens with one attached hydrogen (secondary N) is 2. The number of hydrogen-bond donors (Lipinski definition) is 2. The van der Waals surface area contributed by atoms with E-state index >= 15 is 0 Å². The molecule has 2 aromatic rings. The van der Waals surface area contributed by atoms with E-state index < -0.39 is 10.0 Å². The molecule has 0 radical (unpaired) electrons. The van der Waals surface area contributed by atoms with Gasteiger partial charge in [0.05, 0.1) is 10.6 Å². The van der Waals surface area contributed by atoms with Crippen LogP contribution in [0.25, 0.3) is 0 Å². The maximum atomic E-state index is 12.9. The lowest BCUT2D eigenvalue weighted by Crippen LogP contribution is -2.20. The largest absolute Gasteiger partial charge is 0.325 e. The van der Waals surface area contributed by atoms with Crippen LogP contribution in [-0.4, -0.2) is 38.1 Å². The molecule has 1 atom stereocenters. The van der Waals surface area contributed by atoms with Gasteiger partial charge in [-0.3, -0.25) is 14.4 Å². The van der Waals surface area contributed by atoms with Gasteiger partial charge in [-0.05, 0) is 61.8 Å². The van der Waals surface area contributed by atoms with Crippen molar-refractivity contribution in [2.75, 3.05) is 28.9 Å². The van der Waals surface area contributed by atoms with Gasteiger partial charge in [0.1, 0.15) is 0 Å². The Morgan fingerprint density at radius 2 is 1.97 bits per heavy atom. The number of thioether (sulfide) groups is 1. The van der Waals surface area contributed by atoms with Gasteiger partial charge in [-0.2, -0.15) is 0 Å². The van der Waals surface area contributed by atoms with Crippen LogP contribution in [0.5, 0.6) is 0 Å². The Labute approximate surface area is 176 Å². The fraction of sp³-hybridized carbons (Fsp3) is 0.381. The van der Waals surface area contributed by atoms with E-state index in [0.29, 0.717) is 17.1 Å². The van der Waals surface area contributed by atoms with Gasteiger partial charge >= 0.3 is 0 Å². The third-order valence-electron chi connectivity index (χ3n) is 5.24. The number of anilines is 2. The second-order valence-electron chi connectivity index (χ2n) is 7.65. The zero-order valence-electron chi connectivity index (χ0n) is 16.3. The number of carbonyl (C=O) groups is 1. The molecular weight excluding hydrogens is 406 g/mol. The van der Waals surface area contributed by atoms with Crippen LogP contribution >= 0.6 is 11.8 Å². The third-order valence-corrected chi connectivity index (χ3v) is 7.95. The molecule has 6 nitrogen and oxygen atoms in total. The van der Waals surface area contributed by atoms with Crippen molar-refractivity contribution in [2.24, 2.45) is 5.92 Å². The predicted molar refractivity (Wildman–Crippen MR) is 117 cm³/mol. The Bertz CT molecular complexity index is 1020. The molecule has 0 aromatic heterocycles. The molecule has 2 N–H and O–H groups in total. The van der Waals surface area contributed by atoms with E-state index in [-0.39, 0.29) is 16.7 Å². The Balaban J connectivity index is 1.53. The van der Waals surface area contributed by atoms with E-state index in [4.69, 9.17) is 0 Å². The van der Waals surface area contributed by atoms with Crippen molar-refractivity contribution < 1.29 is 13.2 Å². The van der Waals surface area contributed by atoms with E-state index in [9.17, 15) is 13.2 Å². The Kier molecular flexibility index (Phi) is 5.85. The Hall–Kier alpha value is -2.03. The maximum Gasteiger partial charge on any atom is 0.261 e. The third kappa shape index (κ3) is 4.76. The minimum Gasteiger partial charge on any atom is -0.325 e. The SMILES string of the molecule is C[C@H]1CSc2ccc(S(=O)(=O)Nc3cccc(CN4CCCC4)c3)cc2NC1=O. The van der Waals surface area contributed by atoms with Crippen LogP contribution < -0.4 is 10.0 Å². The Morgan fingerprint density at radius 3 is 2.76 bits per heavy atom. The van der Waals surface area contributed by atoms with Crippen LogP contribution in [-0.2, 0) is 21.4 Å². The molecular formula is C21H25N3O3S2. The number of fused-ring (bicyclic) bond motifs is 1. The maximum absolute atomic E-state index is 12.9. The lowest BCUT2D eigenvalue weighted by molar-refractivity contribution is -0.118. The summed E-state index contributed by atoms with van der Waals surface area (Å²) in [7, 11) is -3.76. The second-order valence-corrected chi connectivity index (χ2v) is 10.4. The summed E-state index contributed by atoms with van der Waals surface area (Å²) in [6.07, 6.45) is 2.44. The second kappa shape index (κ2) is 8.38. The lowest BCUT2D eigenvalue weighted by atomic mass is 10.2. The van der Waals surface area contributed by atoms with Gasteiger partial charge in [0.15, 0.2) is 0 Å². The van der Waals surface area contributed by atoms with E-state index in [0.717, 1.165) is 30.1 Å². The molecule has 2 heterocycles. The highest BCUT2D eigenvalue weighted by Gasteiger charge is 2.23. The first-order chi connectivity index (χ1) is 13.9. The standard InChI is InChI=1S/C21H25N3O3S2/c1-15-14-28-20-8-7-18(12-19(20)22-21(15)25)29(26,27)23-17-6-4-5-16(11-17)13-24-9-2-3-10-24/h4-8,11-12,15,23H,2-3,9-10,13-14H2,1H3,(H,22,25)/t15-/m0/s1. The number of hydrogen-bond acceptors (Lipinski definition) is 5. The minimum atomic E-state index is -3.76. The number of sulfonamides is 1. The van der Waals surface area contributed by atoms with Crippen LogP contribution in [0.15, 0.2) is 52.3 Å². The molecule has 0 spiro atoms. The number of benzene rings is 2. The molecule has 0 saturated carbocycles. The molecule has 154 valence electrons. The molecule has 2 aliphatic heterocycles. The monoisotopic (exact) mass is 431 g/mol. The summed E-state index contributed by atoms with van der Waals surface area (Å²) in [6, 6.07) is 12.4. The zero-order valence-corrected chi connectivity index (χ0v) is 18.0. The molecule has 0 bridgehead atoms. The van der Waals surface area contributed by atoms with Crippen molar-refractivity contribution in [1.29, 1.82) is 0 Å². The number of nitrogens with zero attached hydrogens (tertiary/aromatic N) is 1. The number of rotatable bonds is 5. The fourth-order valence-electron chi connectivity index (χ4n) is 3.59. The number of carbonyl (C=O) groups excluding carboxylic acids is 1. The quantitative estimate of drug-likeness (QED) is 0.754. The highest BCUT2D eigenvalue weighted by molar-refractivity contribution is 7.99. The smallest absolute Gasteiger partial charge is 0.261 e. The lowest BCUT2D eigenvalue weighted by Gasteiger charge is -2.16. The van der Waals surface area contributed by atoms with Gasteiger partial charge in [-0.1, -0.05) is 19.1 Å². The molecule has 1 fully saturated rings. The summed E-state index contributed by atoms with van der Waals surface area (Å²) < 4.78 is 28.5. The van der Waals surface area contributed by atoms with Crippen molar-refractivity contribution in [3.63, 3.8) is 0 Å². The number of amides is 1. The van der Waals surface area contributed by atoms with Crippen LogP contribution in [0.2, 0.25) is 0 Å². The van der Waals surface area contributed by atoms with Crippen LogP contribution in [0.3, 0.4) is 0 Å². The molecule has 0 unspecified atom stereocenters. The van der Waals surface area contributed by atoms with Crippen LogP contribution in [0.1, 0.15) is 25.3 Å². The topological polar surface area (TPSA) is 78.5 Å². The summed E-state index contributed by atoms with van der Waals surface area (Å²) in [4.78, 5) is 15.5. The van der Waals surface area contributed by atoms with Crippen molar-refractivity contribution in [3.8, 4) is 0 Å².